The summed E-state index contributed by atoms with van der Waals surface area (Å²) in [6.07, 6.45) is 7.86. The van der Waals surface area contributed by atoms with Gasteiger partial charge in [0.25, 0.3) is 0 Å². The Bertz CT molecular complexity index is 442. The van der Waals surface area contributed by atoms with E-state index in [4.69, 9.17) is 5.84 Å². The maximum atomic E-state index is 5.47. The number of nitrogen functional groups attached to an aromatic ring is 1. The predicted octanol–water partition coefficient (Wildman–Crippen LogP) is 2.04. The van der Waals surface area contributed by atoms with E-state index in [1.165, 1.54) is 38.5 Å². The number of hydrazine groups is 1. The van der Waals surface area contributed by atoms with Gasteiger partial charge in [-0.2, -0.15) is 15.0 Å². The van der Waals surface area contributed by atoms with Gasteiger partial charge in [0.15, 0.2) is 5.16 Å². The highest BCUT2D eigenvalue weighted by Crippen LogP contribution is 2.30. The fourth-order valence-corrected chi connectivity index (χ4v) is 3.92. The average molecular weight is 294 g/mol. The van der Waals surface area contributed by atoms with Crippen LogP contribution in [0.3, 0.4) is 0 Å². The molecule has 2 aliphatic rings. The van der Waals surface area contributed by atoms with Gasteiger partial charge in [-0.15, -0.1) is 0 Å². The lowest BCUT2D eigenvalue weighted by Crippen LogP contribution is -2.22. The highest BCUT2D eigenvalue weighted by Gasteiger charge is 2.19. The number of nitrogens with two attached hydrogens (primary N) is 1. The normalized spacial score (nSPS) is 19.8. The molecule has 20 heavy (non-hydrogen) atoms. The summed E-state index contributed by atoms with van der Waals surface area (Å²) in [6, 6.07) is 0. The average Bonchev–Trinajstić information content (AvgIpc) is 3.17. The quantitative estimate of drug-likeness (QED) is 0.488. The fourth-order valence-electron chi connectivity index (χ4n) is 2.90. The summed E-state index contributed by atoms with van der Waals surface area (Å²) < 4.78 is 0. The third-order valence-electron chi connectivity index (χ3n) is 4.04. The molecule has 7 heteroatoms. The van der Waals surface area contributed by atoms with Gasteiger partial charge in [0.2, 0.25) is 11.9 Å². The molecule has 0 atom stereocenters. The number of nitrogens with one attached hydrogen (secondary N) is 1. The number of hydrogen-bond donors (Lipinski definition) is 2. The van der Waals surface area contributed by atoms with Crippen LogP contribution in [0.15, 0.2) is 5.16 Å². The Morgan fingerprint density at radius 2 is 1.85 bits per heavy atom. The molecular formula is C13H22N6S. The number of thioether (sulfide) groups is 1. The van der Waals surface area contributed by atoms with Crippen LogP contribution in [0.4, 0.5) is 11.9 Å². The summed E-state index contributed by atoms with van der Waals surface area (Å²) >= 11 is 1.74. The van der Waals surface area contributed by atoms with Gasteiger partial charge in [0.05, 0.1) is 0 Å². The highest BCUT2D eigenvalue weighted by molar-refractivity contribution is 7.99. The number of aromatic nitrogens is 3. The van der Waals surface area contributed by atoms with E-state index in [9.17, 15) is 0 Å². The molecule has 0 unspecified atom stereocenters. The molecule has 2 fully saturated rings. The molecule has 1 aromatic heterocycles. The molecule has 1 aromatic rings. The van der Waals surface area contributed by atoms with E-state index in [0.29, 0.717) is 5.95 Å². The van der Waals surface area contributed by atoms with Crippen LogP contribution in [0.1, 0.15) is 38.5 Å². The predicted molar refractivity (Wildman–Crippen MR) is 81.8 cm³/mol. The van der Waals surface area contributed by atoms with Crippen molar-refractivity contribution in [1.82, 2.24) is 15.0 Å². The Hall–Kier alpha value is -1.08. The van der Waals surface area contributed by atoms with Crippen LogP contribution in [0, 0.1) is 5.92 Å². The molecule has 1 saturated carbocycles. The minimum absolute atomic E-state index is 0.468. The van der Waals surface area contributed by atoms with Gasteiger partial charge < -0.3 is 4.90 Å². The van der Waals surface area contributed by atoms with Gasteiger partial charge in [-0.3, -0.25) is 5.43 Å². The molecule has 0 amide bonds. The molecule has 1 saturated heterocycles. The van der Waals surface area contributed by atoms with Crippen molar-refractivity contribution in [3.8, 4) is 0 Å². The first kappa shape index (κ1) is 13.9. The van der Waals surface area contributed by atoms with Crippen molar-refractivity contribution < 1.29 is 0 Å². The second kappa shape index (κ2) is 6.58. The number of hydrogen-bond acceptors (Lipinski definition) is 7. The first-order valence-electron chi connectivity index (χ1n) is 7.45. The molecular weight excluding hydrogens is 272 g/mol. The highest BCUT2D eigenvalue weighted by atomic mass is 32.2. The molecule has 0 radical (unpaired) electrons. The van der Waals surface area contributed by atoms with E-state index in [-0.39, 0.29) is 0 Å². The lowest BCUT2D eigenvalue weighted by molar-refractivity contribution is 0.622. The van der Waals surface area contributed by atoms with Crippen molar-refractivity contribution in [1.29, 1.82) is 0 Å². The van der Waals surface area contributed by atoms with Crippen molar-refractivity contribution in [3.63, 3.8) is 0 Å². The molecule has 3 N–H and O–H groups in total. The molecule has 2 heterocycles. The Labute approximate surface area is 123 Å². The second-order valence-corrected chi connectivity index (χ2v) is 6.53. The van der Waals surface area contributed by atoms with E-state index in [1.54, 1.807) is 11.8 Å². The molecule has 6 nitrogen and oxygen atoms in total. The van der Waals surface area contributed by atoms with Gasteiger partial charge in [-0.25, -0.2) is 5.84 Å². The van der Waals surface area contributed by atoms with Gasteiger partial charge >= 0.3 is 0 Å². The Morgan fingerprint density at radius 1 is 1.10 bits per heavy atom. The van der Waals surface area contributed by atoms with Crippen molar-refractivity contribution in [2.24, 2.45) is 11.8 Å². The van der Waals surface area contributed by atoms with Crippen LogP contribution in [-0.2, 0) is 0 Å². The summed E-state index contributed by atoms with van der Waals surface area (Å²) in [5.41, 5.74) is 2.56. The molecule has 1 aliphatic heterocycles. The topological polar surface area (TPSA) is 80.0 Å². The Kier molecular flexibility index (Phi) is 4.57. The largest absolute Gasteiger partial charge is 0.341 e. The van der Waals surface area contributed by atoms with Gasteiger partial charge in [0, 0.05) is 18.8 Å². The fraction of sp³-hybridized carbons (Fsp3) is 0.769. The van der Waals surface area contributed by atoms with E-state index in [1.807, 2.05) is 0 Å². The van der Waals surface area contributed by atoms with Crippen LogP contribution in [0.5, 0.6) is 0 Å². The molecule has 0 bridgehead atoms. The summed E-state index contributed by atoms with van der Waals surface area (Å²) in [7, 11) is 0. The Balaban J connectivity index is 1.69. The van der Waals surface area contributed by atoms with Crippen LogP contribution < -0.4 is 16.2 Å². The monoisotopic (exact) mass is 294 g/mol. The number of rotatable bonds is 5. The Morgan fingerprint density at radius 3 is 2.55 bits per heavy atom. The molecule has 110 valence electrons. The molecule has 1 aliphatic carbocycles. The number of anilines is 2. The second-order valence-electron chi connectivity index (χ2n) is 5.54. The SMILES string of the molecule is NNc1nc(SCC2CCCC2)nc(N2CCCC2)n1. The number of nitrogens with zero attached hydrogens (tertiary/aromatic N) is 4. The minimum Gasteiger partial charge on any atom is -0.341 e. The summed E-state index contributed by atoms with van der Waals surface area (Å²) in [6.45, 7) is 2.06. The zero-order valence-corrected chi connectivity index (χ0v) is 12.5. The van der Waals surface area contributed by atoms with Crippen molar-refractivity contribution in [2.75, 3.05) is 29.2 Å². The third-order valence-corrected chi connectivity index (χ3v) is 5.12. The van der Waals surface area contributed by atoms with Crippen molar-refractivity contribution in [2.45, 2.75) is 43.7 Å². The lowest BCUT2D eigenvalue weighted by atomic mass is 10.1. The zero-order chi connectivity index (χ0) is 13.8. The zero-order valence-electron chi connectivity index (χ0n) is 11.7. The first-order valence-corrected chi connectivity index (χ1v) is 8.44. The van der Waals surface area contributed by atoms with E-state index < -0.39 is 0 Å². The van der Waals surface area contributed by atoms with Gasteiger partial charge in [-0.05, 0) is 31.6 Å². The standard InChI is InChI=1S/C13H22N6S/c14-18-11-15-12(19-7-3-4-8-19)17-13(16-11)20-9-10-5-1-2-6-10/h10H,1-9,14H2,(H,15,16,17,18). The summed E-state index contributed by atoms with van der Waals surface area (Å²) in [5, 5.41) is 0.793. The lowest BCUT2D eigenvalue weighted by Gasteiger charge is -2.16. The van der Waals surface area contributed by atoms with E-state index in [2.05, 4.69) is 25.3 Å². The summed E-state index contributed by atoms with van der Waals surface area (Å²) in [5.74, 6) is 8.63. The van der Waals surface area contributed by atoms with Crippen molar-refractivity contribution in [3.05, 3.63) is 0 Å². The summed E-state index contributed by atoms with van der Waals surface area (Å²) in [4.78, 5) is 15.5. The molecule has 0 aromatic carbocycles. The minimum atomic E-state index is 0.468. The van der Waals surface area contributed by atoms with E-state index >= 15 is 0 Å². The van der Waals surface area contributed by atoms with Crippen LogP contribution >= 0.6 is 11.8 Å². The van der Waals surface area contributed by atoms with Crippen LogP contribution in [0.2, 0.25) is 0 Å². The van der Waals surface area contributed by atoms with Gasteiger partial charge in [0.1, 0.15) is 0 Å². The molecule has 0 spiro atoms. The van der Waals surface area contributed by atoms with Crippen LogP contribution in [0.25, 0.3) is 0 Å². The maximum absolute atomic E-state index is 5.47. The van der Waals surface area contributed by atoms with Gasteiger partial charge in [-0.1, -0.05) is 24.6 Å². The van der Waals surface area contributed by atoms with E-state index in [0.717, 1.165) is 35.9 Å². The third kappa shape index (κ3) is 3.32. The smallest absolute Gasteiger partial charge is 0.242 e. The van der Waals surface area contributed by atoms with Crippen LogP contribution in [-0.4, -0.2) is 33.8 Å². The maximum Gasteiger partial charge on any atom is 0.242 e. The van der Waals surface area contributed by atoms with Crippen molar-refractivity contribution >= 4 is 23.7 Å². The molecule has 3 rings (SSSR count). The first-order chi connectivity index (χ1) is 9.85.